The zero-order valence-corrected chi connectivity index (χ0v) is 14.0. The van der Waals surface area contributed by atoms with Crippen LogP contribution in [-0.2, 0) is 6.42 Å². The number of pyridine rings is 1. The summed E-state index contributed by atoms with van der Waals surface area (Å²) in [5.41, 5.74) is 2.03. The Morgan fingerprint density at radius 2 is 1.85 bits per heavy atom. The molecule has 3 rings (SSSR count). The van der Waals surface area contributed by atoms with Crippen molar-refractivity contribution in [3.05, 3.63) is 60.2 Å². The number of rotatable bonds is 6. The van der Waals surface area contributed by atoms with Crippen LogP contribution in [0.5, 0.6) is 6.01 Å². The predicted molar refractivity (Wildman–Crippen MR) is 89.9 cm³/mol. The van der Waals surface area contributed by atoms with E-state index in [0.29, 0.717) is 24.2 Å². The molecule has 27 heavy (non-hydrogen) atoms. The fourth-order valence-electron chi connectivity index (χ4n) is 2.31. The van der Waals surface area contributed by atoms with Crippen molar-refractivity contribution in [3.63, 3.8) is 0 Å². The van der Waals surface area contributed by atoms with Crippen LogP contribution in [0.1, 0.15) is 11.1 Å². The summed E-state index contributed by atoms with van der Waals surface area (Å²) in [5, 5.41) is 15.9. The van der Waals surface area contributed by atoms with Crippen molar-refractivity contribution in [1.29, 1.82) is 0 Å². The van der Waals surface area contributed by atoms with E-state index in [0.717, 1.165) is 5.56 Å². The van der Waals surface area contributed by atoms with Crippen molar-refractivity contribution >= 4 is 5.71 Å². The van der Waals surface area contributed by atoms with Crippen LogP contribution in [0.3, 0.4) is 0 Å². The van der Waals surface area contributed by atoms with E-state index < -0.39 is 19.0 Å². The lowest BCUT2D eigenvalue weighted by molar-refractivity contribution is -0.154. The molecular formula is C17H16F3N5O2. The highest BCUT2D eigenvalue weighted by molar-refractivity contribution is 6.08. The van der Waals surface area contributed by atoms with Gasteiger partial charge in [0, 0.05) is 36.9 Å². The second-order valence-corrected chi connectivity index (χ2v) is 5.68. The van der Waals surface area contributed by atoms with Crippen LogP contribution >= 0.6 is 0 Å². The van der Waals surface area contributed by atoms with Crippen LogP contribution in [0, 0.1) is 0 Å². The van der Waals surface area contributed by atoms with E-state index in [1.54, 1.807) is 24.5 Å². The van der Waals surface area contributed by atoms with Gasteiger partial charge in [-0.3, -0.25) is 9.99 Å². The van der Waals surface area contributed by atoms with Gasteiger partial charge in [0.05, 0.1) is 5.71 Å². The summed E-state index contributed by atoms with van der Waals surface area (Å²) in [6, 6.07) is 3.39. The van der Waals surface area contributed by atoms with E-state index in [-0.39, 0.29) is 6.01 Å². The first-order valence-electron chi connectivity index (χ1n) is 8.03. The van der Waals surface area contributed by atoms with E-state index in [2.05, 4.69) is 24.8 Å². The van der Waals surface area contributed by atoms with Crippen LogP contribution in [0.4, 0.5) is 13.2 Å². The molecule has 0 bridgehead atoms. The third-order valence-electron chi connectivity index (χ3n) is 3.64. The van der Waals surface area contributed by atoms with Crippen LogP contribution < -0.4 is 4.74 Å². The van der Waals surface area contributed by atoms with E-state index in [4.69, 9.17) is 0 Å². The highest BCUT2D eigenvalue weighted by Gasteiger charge is 2.29. The van der Waals surface area contributed by atoms with Gasteiger partial charge in [0.1, 0.15) is 0 Å². The highest BCUT2D eigenvalue weighted by Crippen LogP contribution is 2.17. The van der Waals surface area contributed by atoms with Gasteiger partial charge < -0.3 is 9.84 Å². The van der Waals surface area contributed by atoms with Crippen LogP contribution in [0.2, 0.25) is 0 Å². The molecular weight excluding hydrogens is 363 g/mol. The van der Waals surface area contributed by atoms with Crippen LogP contribution in [-0.4, -0.2) is 56.3 Å². The number of alkyl halides is 3. The fourth-order valence-corrected chi connectivity index (χ4v) is 2.31. The molecule has 1 N–H and O–H groups in total. The second-order valence-electron chi connectivity index (χ2n) is 5.68. The topological polar surface area (TPSA) is 83.7 Å². The average Bonchev–Trinajstić information content (AvgIpc) is 2.66. The van der Waals surface area contributed by atoms with Gasteiger partial charge in [-0.15, -0.1) is 0 Å². The number of aliphatic hydroxyl groups is 1. The van der Waals surface area contributed by atoms with Crippen molar-refractivity contribution in [2.24, 2.45) is 5.10 Å². The van der Waals surface area contributed by atoms with Crippen molar-refractivity contribution in [3.8, 4) is 6.01 Å². The molecule has 3 heterocycles. The van der Waals surface area contributed by atoms with Gasteiger partial charge in [-0.2, -0.15) is 18.3 Å². The number of hydrazone groups is 1. The third-order valence-corrected chi connectivity index (χ3v) is 3.64. The molecule has 2 aromatic rings. The molecule has 7 nitrogen and oxygen atoms in total. The number of aliphatic hydroxyl groups excluding tert-OH is 1. The normalized spacial score (nSPS) is 17.0. The smallest absolute Gasteiger partial charge is 0.422 e. The number of halogens is 3. The lowest BCUT2D eigenvalue weighted by atomic mass is 10.1. The maximum Gasteiger partial charge on any atom is 0.422 e. The van der Waals surface area contributed by atoms with Crippen molar-refractivity contribution < 1.29 is 23.0 Å². The van der Waals surface area contributed by atoms with Crippen LogP contribution in [0.15, 0.2) is 54.2 Å². The summed E-state index contributed by atoms with van der Waals surface area (Å²) >= 11 is 0. The van der Waals surface area contributed by atoms with Crippen molar-refractivity contribution in [1.82, 2.24) is 20.0 Å². The number of hydrogen-bond acceptors (Lipinski definition) is 7. The van der Waals surface area contributed by atoms with E-state index in [1.807, 2.05) is 12.1 Å². The number of nitrogens with zero attached hydrogens (tertiary/aromatic N) is 5. The summed E-state index contributed by atoms with van der Waals surface area (Å²) in [6.07, 6.45) is 4.51. The van der Waals surface area contributed by atoms with E-state index in [1.165, 1.54) is 17.4 Å². The Morgan fingerprint density at radius 3 is 2.52 bits per heavy atom. The lowest BCUT2D eigenvalue weighted by Crippen LogP contribution is -2.34. The molecule has 2 aromatic heterocycles. The first kappa shape index (κ1) is 18.8. The SMILES string of the molecule is OC1C=CC(c2cnc(OCC(F)(F)F)nc2)=NN1CCc1ccncc1. The molecule has 0 aromatic carbocycles. The molecule has 1 atom stereocenters. The Balaban J connectivity index is 1.65. The Hall–Kier alpha value is -3.01. The van der Waals surface area contributed by atoms with Gasteiger partial charge in [0.25, 0.3) is 0 Å². The van der Waals surface area contributed by atoms with E-state index in [9.17, 15) is 18.3 Å². The van der Waals surface area contributed by atoms with Gasteiger partial charge in [-0.05, 0) is 36.3 Å². The van der Waals surface area contributed by atoms with Gasteiger partial charge in [0.2, 0.25) is 0 Å². The van der Waals surface area contributed by atoms with Crippen molar-refractivity contribution in [2.75, 3.05) is 13.2 Å². The maximum atomic E-state index is 12.1. The molecule has 0 saturated heterocycles. The Kier molecular flexibility index (Phi) is 5.65. The molecule has 0 amide bonds. The minimum absolute atomic E-state index is 0.369. The van der Waals surface area contributed by atoms with Gasteiger partial charge >= 0.3 is 12.2 Å². The molecule has 0 radical (unpaired) electrons. The quantitative estimate of drug-likeness (QED) is 0.826. The predicted octanol–water partition coefficient (Wildman–Crippen LogP) is 1.95. The maximum absolute atomic E-state index is 12.1. The minimum Gasteiger partial charge on any atom is -0.454 e. The second kappa shape index (κ2) is 8.12. The highest BCUT2D eigenvalue weighted by atomic mass is 19.4. The zero-order valence-electron chi connectivity index (χ0n) is 14.0. The molecule has 142 valence electrons. The molecule has 0 spiro atoms. The average molecular weight is 379 g/mol. The molecule has 1 unspecified atom stereocenters. The summed E-state index contributed by atoms with van der Waals surface area (Å²) in [4.78, 5) is 11.5. The van der Waals surface area contributed by atoms with E-state index >= 15 is 0 Å². The molecule has 0 fully saturated rings. The van der Waals surface area contributed by atoms with Gasteiger partial charge in [-0.1, -0.05) is 0 Å². The molecule has 10 heteroatoms. The van der Waals surface area contributed by atoms with Gasteiger partial charge in [-0.25, -0.2) is 9.97 Å². The van der Waals surface area contributed by atoms with Crippen molar-refractivity contribution in [2.45, 2.75) is 18.8 Å². The Bertz CT molecular complexity index is 810. The zero-order chi connectivity index (χ0) is 19.3. The number of ether oxygens (including phenoxy) is 1. The summed E-state index contributed by atoms with van der Waals surface area (Å²) < 4.78 is 40.9. The molecule has 1 aliphatic heterocycles. The number of allylic oxidation sites excluding steroid dienone is 1. The lowest BCUT2D eigenvalue weighted by Gasteiger charge is -2.26. The summed E-state index contributed by atoms with van der Waals surface area (Å²) in [7, 11) is 0. The fraction of sp³-hybridized carbons (Fsp3) is 0.294. The van der Waals surface area contributed by atoms with Gasteiger partial charge in [0.15, 0.2) is 12.8 Å². The summed E-state index contributed by atoms with van der Waals surface area (Å²) in [6.45, 7) is -0.991. The molecule has 0 aliphatic carbocycles. The van der Waals surface area contributed by atoms with Crippen LogP contribution in [0.25, 0.3) is 0 Å². The third kappa shape index (κ3) is 5.48. The Labute approximate surface area is 152 Å². The molecule has 1 aliphatic rings. The number of aromatic nitrogens is 3. The summed E-state index contributed by atoms with van der Waals surface area (Å²) in [5.74, 6) is 0. The minimum atomic E-state index is -4.45. The standard InChI is InChI=1S/C17H16F3N5O2/c18-17(19,20)11-27-16-22-9-13(10-23-16)14-1-2-15(26)25(24-14)8-5-12-3-6-21-7-4-12/h1-4,6-7,9-10,15,26H,5,8,11H2. The largest absolute Gasteiger partial charge is 0.454 e. The first-order chi connectivity index (χ1) is 12.9. The first-order valence-corrected chi connectivity index (χ1v) is 8.03. The molecule has 0 saturated carbocycles. The monoisotopic (exact) mass is 379 g/mol. The Morgan fingerprint density at radius 1 is 1.15 bits per heavy atom. The number of hydrogen-bond donors (Lipinski definition) is 1.